The van der Waals surface area contributed by atoms with Gasteiger partial charge in [-0.25, -0.2) is 4.39 Å². The predicted octanol–water partition coefficient (Wildman–Crippen LogP) is 1.75. The lowest BCUT2D eigenvalue weighted by molar-refractivity contribution is -0.386. The third kappa shape index (κ3) is 1.20. The van der Waals surface area contributed by atoms with Crippen molar-refractivity contribution in [1.29, 1.82) is 0 Å². The van der Waals surface area contributed by atoms with Crippen molar-refractivity contribution in [2.24, 2.45) is 0 Å². The van der Waals surface area contributed by atoms with Gasteiger partial charge in [0.2, 0.25) is 0 Å². The van der Waals surface area contributed by atoms with Gasteiger partial charge < -0.3 is 5.11 Å². The molecule has 0 fully saturated rings. The molecule has 0 aliphatic carbocycles. The second kappa shape index (κ2) is 2.77. The van der Waals surface area contributed by atoms with Crippen molar-refractivity contribution in [3.63, 3.8) is 0 Å². The summed E-state index contributed by atoms with van der Waals surface area (Å²) in [5.74, 6) is -1.21. The van der Waals surface area contributed by atoms with Crippen molar-refractivity contribution in [2.75, 3.05) is 0 Å². The molecule has 0 unspecified atom stereocenters. The molecule has 4 nitrogen and oxygen atoms in total. The zero-order valence-electron chi connectivity index (χ0n) is 6.24. The Bertz CT molecular complexity index is 338. The highest BCUT2D eigenvalue weighted by atomic mass is 19.1. The maximum Gasteiger partial charge on any atom is 0.316 e. The van der Waals surface area contributed by atoms with E-state index >= 15 is 0 Å². The van der Waals surface area contributed by atoms with Gasteiger partial charge in [-0.3, -0.25) is 10.1 Å². The predicted molar refractivity (Wildman–Crippen MR) is 39.5 cm³/mol. The van der Waals surface area contributed by atoms with Gasteiger partial charge in [0.25, 0.3) is 0 Å². The highest BCUT2D eigenvalue weighted by Gasteiger charge is 2.19. The maximum absolute atomic E-state index is 12.7. The molecular formula is C7H6FNO3. The number of phenolic OH excluding ortho intramolecular Hbond substituents is 1. The molecule has 12 heavy (non-hydrogen) atoms. The van der Waals surface area contributed by atoms with Crippen LogP contribution in [0.4, 0.5) is 10.1 Å². The number of phenols is 1. The highest BCUT2D eigenvalue weighted by molar-refractivity contribution is 5.51. The standard InChI is InChI=1S/C7H6FNO3/c1-4-5(8)2-3-6(10)7(4)9(11)12/h2-3,10H,1H3. The number of nitro groups is 1. The largest absolute Gasteiger partial charge is 0.502 e. The van der Waals surface area contributed by atoms with Crippen LogP contribution in [0.25, 0.3) is 0 Å². The molecule has 0 aliphatic heterocycles. The molecular weight excluding hydrogens is 165 g/mol. The minimum atomic E-state index is -0.812. The van der Waals surface area contributed by atoms with Gasteiger partial charge in [0.15, 0.2) is 5.75 Å². The lowest BCUT2D eigenvalue weighted by Gasteiger charge is -1.99. The summed E-state index contributed by atoms with van der Waals surface area (Å²) in [7, 11) is 0. The first kappa shape index (κ1) is 8.45. The smallest absolute Gasteiger partial charge is 0.316 e. The molecule has 0 amide bonds. The Kier molecular flexibility index (Phi) is 1.95. The van der Waals surface area contributed by atoms with Crippen LogP contribution in [-0.4, -0.2) is 10.0 Å². The van der Waals surface area contributed by atoms with Crippen molar-refractivity contribution >= 4 is 5.69 Å². The van der Waals surface area contributed by atoms with E-state index in [0.717, 1.165) is 12.1 Å². The minimum absolute atomic E-state index is 0.153. The van der Waals surface area contributed by atoms with E-state index in [0.29, 0.717) is 0 Å². The number of rotatable bonds is 1. The molecule has 0 spiro atoms. The number of nitro benzene ring substituents is 1. The summed E-state index contributed by atoms with van der Waals surface area (Å²) in [5.41, 5.74) is -0.727. The van der Waals surface area contributed by atoms with Crippen LogP contribution in [0, 0.1) is 22.9 Å². The van der Waals surface area contributed by atoms with Crippen LogP contribution < -0.4 is 0 Å². The fourth-order valence-corrected chi connectivity index (χ4v) is 0.892. The summed E-state index contributed by atoms with van der Waals surface area (Å²) in [4.78, 5) is 9.46. The van der Waals surface area contributed by atoms with E-state index in [1.54, 1.807) is 0 Å². The molecule has 5 heteroatoms. The zero-order valence-corrected chi connectivity index (χ0v) is 6.24. The zero-order chi connectivity index (χ0) is 9.30. The first-order valence-corrected chi connectivity index (χ1v) is 3.16. The van der Waals surface area contributed by atoms with E-state index in [-0.39, 0.29) is 5.56 Å². The SMILES string of the molecule is Cc1c(F)ccc(O)c1[N+](=O)[O-]. The summed E-state index contributed by atoms with van der Waals surface area (Å²) >= 11 is 0. The molecule has 0 aromatic heterocycles. The Morgan fingerprint density at radius 1 is 1.58 bits per heavy atom. The van der Waals surface area contributed by atoms with E-state index in [2.05, 4.69) is 0 Å². The molecule has 1 aromatic carbocycles. The molecule has 0 heterocycles. The number of halogens is 1. The topological polar surface area (TPSA) is 63.4 Å². The van der Waals surface area contributed by atoms with Gasteiger partial charge in [-0.1, -0.05) is 0 Å². The van der Waals surface area contributed by atoms with Crippen LogP contribution >= 0.6 is 0 Å². The van der Waals surface area contributed by atoms with Crippen LogP contribution in [0.15, 0.2) is 12.1 Å². The van der Waals surface area contributed by atoms with E-state index in [9.17, 15) is 14.5 Å². The fraction of sp³-hybridized carbons (Fsp3) is 0.143. The molecule has 0 radical (unpaired) electrons. The third-order valence-corrected chi connectivity index (χ3v) is 1.53. The van der Waals surface area contributed by atoms with E-state index in [1.165, 1.54) is 6.92 Å². The molecule has 0 saturated heterocycles. The van der Waals surface area contributed by atoms with Crippen LogP contribution in [-0.2, 0) is 0 Å². The van der Waals surface area contributed by atoms with Crippen molar-refractivity contribution in [1.82, 2.24) is 0 Å². The Hall–Kier alpha value is -1.65. The van der Waals surface area contributed by atoms with E-state index in [4.69, 9.17) is 5.11 Å². The summed E-state index contributed by atoms with van der Waals surface area (Å²) in [6.07, 6.45) is 0. The summed E-state index contributed by atoms with van der Waals surface area (Å²) < 4.78 is 12.7. The van der Waals surface area contributed by atoms with Crippen molar-refractivity contribution in [2.45, 2.75) is 6.92 Å². The Labute approximate surface area is 67.4 Å². The van der Waals surface area contributed by atoms with Crippen molar-refractivity contribution in [3.8, 4) is 5.75 Å². The number of benzene rings is 1. The second-order valence-electron chi connectivity index (χ2n) is 2.30. The number of aromatic hydroxyl groups is 1. The lowest BCUT2D eigenvalue weighted by atomic mass is 10.2. The monoisotopic (exact) mass is 171 g/mol. The summed E-state index contributed by atoms with van der Waals surface area (Å²) in [6.45, 7) is 1.24. The fourth-order valence-electron chi connectivity index (χ4n) is 0.892. The van der Waals surface area contributed by atoms with Gasteiger partial charge in [0, 0.05) is 0 Å². The molecule has 0 saturated carbocycles. The van der Waals surface area contributed by atoms with Crippen LogP contribution in [0.3, 0.4) is 0 Å². The Morgan fingerprint density at radius 2 is 2.17 bits per heavy atom. The van der Waals surface area contributed by atoms with Gasteiger partial charge in [-0.05, 0) is 19.1 Å². The lowest BCUT2D eigenvalue weighted by Crippen LogP contribution is -1.94. The van der Waals surface area contributed by atoms with Crippen LogP contribution in [0.5, 0.6) is 5.75 Å². The van der Waals surface area contributed by atoms with Crippen molar-refractivity contribution < 1.29 is 14.4 Å². The summed E-state index contributed by atoms with van der Waals surface area (Å²) in [5, 5.41) is 19.3. The van der Waals surface area contributed by atoms with Gasteiger partial charge >= 0.3 is 5.69 Å². The average Bonchev–Trinajstić information content (AvgIpc) is 1.97. The van der Waals surface area contributed by atoms with Gasteiger partial charge in [0.1, 0.15) is 5.82 Å². The van der Waals surface area contributed by atoms with Crippen LogP contribution in [0.1, 0.15) is 5.56 Å². The Balaban J connectivity index is 3.43. The quantitative estimate of drug-likeness (QED) is 0.517. The second-order valence-corrected chi connectivity index (χ2v) is 2.30. The molecule has 0 bridgehead atoms. The molecule has 0 aliphatic rings. The van der Waals surface area contributed by atoms with Crippen LogP contribution in [0.2, 0.25) is 0 Å². The minimum Gasteiger partial charge on any atom is -0.502 e. The first-order chi connectivity index (χ1) is 5.54. The molecule has 1 aromatic rings. The Morgan fingerprint density at radius 3 is 2.58 bits per heavy atom. The highest BCUT2D eigenvalue weighted by Crippen LogP contribution is 2.30. The third-order valence-electron chi connectivity index (χ3n) is 1.53. The number of nitrogens with zero attached hydrogens (tertiary/aromatic N) is 1. The molecule has 64 valence electrons. The maximum atomic E-state index is 12.7. The van der Waals surface area contributed by atoms with Gasteiger partial charge in [-0.2, -0.15) is 0 Å². The molecule has 1 rings (SSSR count). The van der Waals surface area contributed by atoms with Crippen molar-refractivity contribution in [3.05, 3.63) is 33.6 Å². The first-order valence-electron chi connectivity index (χ1n) is 3.16. The van der Waals surface area contributed by atoms with Gasteiger partial charge in [-0.15, -0.1) is 0 Å². The number of hydrogen-bond acceptors (Lipinski definition) is 3. The molecule has 1 N–H and O–H groups in total. The summed E-state index contributed by atoms with van der Waals surface area (Å²) in [6, 6.07) is 1.94. The van der Waals surface area contributed by atoms with Gasteiger partial charge in [0.05, 0.1) is 10.5 Å². The number of hydrogen-bond donors (Lipinski definition) is 1. The average molecular weight is 171 g/mol. The van der Waals surface area contributed by atoms with E-state index in [1.807, 2.05) is 0 Å². The molecule has 0 atom stereocenters. The van der Waals surface area contributed by atoms with E-state index < -0.39 is 22.2 Å². The normalized spacial score (nSPS) is 9.83.